The molecule has 0 aliphatic carbocycles. The monoisotopic (exact) mass is 443 g/mol. The van der Waals surface area contributed by atoms with E-state index in [0.717, 1.165) is 17.0 Å². The highest BCUT2D eigenvalue weighted by molar-refractivity contribution is 6.31. The van der Waals surface area contributed by atoms with Crippen molar-refractivity contribution in [3.8, 4) is 5.75 Å². The fourth-order valence-electron chi connectivity index (χ4n) is 4.45. The molecule has 4 nitrogen and oxygen atoms in total. The van der Waals surface area contributed by atoms with Gasteiger partial charge >= 0.3 is 0 Å². The number of benzene rings is 2. The third kappa shape index (κ3) is 5.81. The van der Waals surface area contributed by atoms with Crippen LogP contribution in [0.4, 0.5) is 0 Å². The van der Waals surface area contributed by atoms with Crippen molar-refractivity contribution in [2.45, 2.75) is 46.1 Å². The normalized spacial score (nSPS) is 21.2. The number of rotatable bonds is 8. The van der Waals surface area contributed by atoms with Crippen LogP contribution in [0.15, 0.2) is 48.5 Å². The Morgan fingerprint density at radius 3 is 2.58 bits per heavy atom. The molecule has 1 aliphatic heterocycles. The Morgan fingerprint density at radius 1 is 1.16 bits per heavy atom. The molecule has 0 N–H and O–H groups in total. The van der Waals surface area contributed by atoms with Crippen LogP contribution in [-0.2, 0) is 9.53 Å². The van der Waals surface area contributed by atoms with Gasteiger partial charge in [-0.05, 0) is 61.4 Å². The zero-order valence-corrected chi connectivity index (χ0v) is 19.8. The standard InChI is InChI=1S/C26H34ClNO3/c1-5-28(6-2)25(29)17-30-21-11-9-10-19(14-21)26-23(18(3)4)15-20(16-31-26)22-12-7-8-13-24(22)27/h7-14,18,20,23,26H,5-6,15-17H2,1-4H3/t20-,23-,26-/m0/s1. The molecule has 0 unspecified atom stereocenters. The van der Waals surface area contributed by atoms with E-state index in [0.29, 0.717) is 43.2 Å². The molecule has 0 saturated carbocycles. The van der Waals surface area contributed by atoms with Crippen molar-refractivity contribution >= 4 is 17.5 Å². The number of hydrogen-bond donors (Lipinski definition) is 0. The maximum absolute atomic E-state index is 12.3. The Balaban J connectivity index is 1.72. The average Bonchev–Trinajstić information content (AvgIpc) is 2.78. The molecular weight excluding hydrogens is 410 g/mol. The van der Waals surface area contributed by atoms with Crippen LogP contribution in [0.5, 0.6) is 5.75 Å². The van der Waals surface area contributed by atoms with Crippen LogP contribution >= 0.6 is 11.6 Å². The lowest BCUT2D eigenvalue weighted by molar-refractivity contribution is -0.132. The van der Waals surface area contributed by atoms with Gasteiger partial charge in [-0.2, -0.15) is 0 Å². The first-order chi connectivity index (χ1) is 14.9. The summed E-state index contributed by atoms with van der Waals surface area (Å²) >= 11 is 6.46. The number of nitrogens with zero attached hydrogens (tertiary/aromatic N) is 1. The highest BCUT2D eigenvalue weighted by atomic mass is 35.5. The van der Waals surface area contributed by atoms with E-state index < -0.39 is 0 Å². The number of carbonyl (C=O) groups is 1. The predicted octanol–water partition coefficient (Wildman–Crippen LogP) is 6.10. The molecule has 1 fully saturated rings. The van der Waals surface area contributed by atoms with Gasteiger partial charge in [-0.1, -0.05) is 55.8 Å². The second-order valence-electron chi connectivity index (χ2n) is 8.54. The first-order valence-electron chi connectivity index (χ1n) is 11.3. The van der Waals surface area contributed by atoms with Crippen LogP contribution in [0.1, 0.15) is 57.3 Å². The van der Waals surface area contributed by atoms with Crippen molar-refractivity contribution in [1.82, 2.24) is 4.90 Å². The van der Waals surface area contributed by atoms with Gasteiger partial charge in [-0.15, -0.1) is 0 Å². The Labute approximate surface area is 191 Å². The van der Waals surface area contributed by atoms with E-state index in [2.05, 4.69) is 26.0 Å². The largest absolute Gasteiger partial charge is 0.484 e. The number of hydrogen-bond acceptors (Lipinski definition) is 3. The molecule has 3 rings (SSSR count). The lowest BCUT2D eigenvalue weighted by atomic mass is 9.76. The molecular formula is C26H34ClNO3. The summed E-state index contributed by atoms with van der Waals surface area (Å²) in [7, 11) is 0. The molecule has 168 valence electrons. The number of amides is 1. The highest BCUT2D eigenvalue weighted by Gasteiger charge is 2.35. The molecule has 31 heavy (non-hydrogen) atoms. The van der Waals surface area contributed by atoms with Crippen LogP contribution < -0.4 is 4.74 Å². The SMILES string of the molecule is CCN(CC)C(=O)COc1cccc([C@@H]2OC[C@@H](c3ccccc3Cl)C[C@H]2C(C)C)c1. The van der Waals surface area contributed by atoms with E-state index in [-0.39, 0.29) is 18.6 Å². The average molecular weight is 444 g/mol. The molecule has 0 aromatic heterocycles. The summed E-state index contributed by atoms with van der Waals surface area (Å²) in [4.78, 5) is 14.0. The maximum Gasteiger partial charge on any atom is 0.260 e. The molecule has 2 aromatic rings. The van der Waals surface area contributed by atoms with Gasteiger partial charge in [0.1, 0.15) is 5.75 Å². The quantitative estimate of drug-likeness (QED) is 0.494. The summed E-state index contributed by atoms with van der Waals surface area (Å²) in [5.41, 5.74) is 2.27. The summed E-state index contributed by atoms with van der Waals surface area (Å²) in [6.07, 6.45) is 1.03. The number of likely N-dealkylation sites (N-methyl/N-ethyl adjacent to an activating group) is 1. The third-order valence-corrected chi connectivity index (χ3v) is 6.63. The van der Waals surface area contributed by atoms with Crippen molar-refractivity contribution in [3.05, 3.63) is 64.7 Å². The summed E-state index contributed by atoms with van der Waals surface area (Å²) in [5.74, 6) is 1.83. The minimum Gasteiger partial charge on any atom is -0.484 e. The topological polar surface area (TPSA) is 38.8 Å². The third-order valence-electron chi connectivity index (χ3n) is 6.29. The van der Waals surface area contributed by atoms with Crippen molar-refractivity contribution in [1.29, 1.82) is 0 Å². The molecule has 1 heterocycles. The minimum atomic E-state index is 0.000714. The van der Waals surface area contributed by atoms with E-state index >= 15 is 0 Å². The number of halogens is 1. The van der Waals surface area contributed by atoms with Gasteiger partial charge in [0.15, 0.2) is 6.61 Å². The lowest BCUT2D eigenvalue weighted by Crippen LogP contribution is -2.34. The van der Waals surface area contributed by atoms with Crippen molar-refractivity contribution in [3.63, 3.8) is 0 Å². The summed E-state index contributed by atoms with van der Waals surface area (Å²) in [5, 5.41) is 0.810. The van der Waals surface area contributed by atoms with Gasteiger partial charge in [-0.25, -0.2) is 0 Å². The Kier molecular flexibility index (Phi) is 8.39. The molecule has 1 aliphatic rings. The second kappa shape index (κ2) is 11.0. The molecule has 1 saturated heterocycles. The molecule has 0 radical (unpaired) electrons. The van der Waals surface area contributed by atoms with Crippen LogP contribution in [-0.4, -0.2) is 37.1 Å². The van der Waals surface area contributed by atoms with Crippen molar-refractivity contribution < 1.29 is 14.3 Å². The zero-order chi connectivity index (χ0) is 22.4. The second-order valence-corrected chi connectivity index (χ2v) is 8.95. The number of carbonyl (C=O) groups excluding carboxylic acids is 1. The zero-order valence-electron chi connectivity index (χ0n) is 19.0. The van der Waals surface area contributed by atoms with Gasteiger partial charge in [0.2, 0.25) is 0 Å². The lowest BCUT2D eigenvalue weighted by Gasteiger charge is -2.39. The van der Waals surface area contributed by atoms with Gasteiger partial charge in [-0.3, -0.25) is 4.79 Å². The van der Waals surface area contributed by atoms with Crippen LogP contribution in [0.2, 0.25) is 5.02 Å². The van der Waals surface area contributed by atoms with Gasteiger partial charge in [0, 0.05) is 24.0 Å². The Hall–Kier alpha value is -2.04. The first-order valence-corrected chi connectivity index (χ1v) is 11.7. The van der Waals surface area contributed by atoms with E-state index in [1.807, 2.05) is 50.2 Å². The summed E-state index contributed by atoms with van der Waals surface area (Å²) < 4.78 is 12.2. The molecule has 2 aromatic carbocycles. The van der Waals surface area contributed by atoms with E-state index in [1.54, 1.807) is 4.90 Å². The van der Waals surface area contributed by atoms with E-state index in [1.165, 1.54) is 5.56 Å². The fourth-order valence-corrected chi connectivity index (χ4v) is 4.74. The van der Waals surface area contributed by atoms with E-state index in [4.69, 9.17) is 21.1 Å². The summed E-state index contributed by atoms with van der Waals surface area (Å²) in [6.45, 7) is 10.5. The smallest absolute Gasteiger partial charge is 0.260 e. The van der Waals surface area contributed by atoms with Crippen molar-refractivity contribution in [2.75, 3.05) is 26.3 Å². The molecule has 1 amide bonds. The van der Waals surface area contributed by atoms with Gasteiger partial charge < -0.3 is 14.4 Å². The molecule has 0 spiro atoms. The molecule has 0 bridgehead atoms. The molecule has 3 atom stereocenters. The van der Waals surface area contributed by atoms with Gasteiger partial charge in [0.25, 0.3) is 5.91 Å². The fraction of sp³-hybridized carbons (Fsp3) is 0.500. The van der Waals surface area contributed by atoms with Gasteiger partial charge in [0.05, 0.1) is 12.7 Å². The minimum absolute atomic E-state index is 0.000714. The van der Waals surface area contributed by atoms with Crippen LogP contribution in [0, 0.1) is 11.8 Å². The molecule has 5 heteroatoms. The van der Waals surface area contributed by atoms with Crippen molar-refractivity contribution in [2.24, 2.45) is 11.8 Å². The summed E-state index contributed by atoms with van der Waals surface area (Å²) in [6, 6.07) is 16.1. The highest BCUT2D eigenvalue weighted by Crippen LogP contribution is 2.45. The Bertz CT molecular complexity index is 865. The maximum atomic E-state index is 12.3. The number of ether oxygens (including phenoxy) is 2. The van der Waals surface area contributed by atoms with Crippen LogP contribution in [0.3, 0.4) is 0 Å². The first kappa shape index (κ1) is 23.6. The Morgan fingerprint density at radius 2 is 1.90 bits per heavy atom. The van der Waals surface area contributed by atoms with E-state index in [9.17, 15) is 4.79 Å². The van der Waals surface area contributed by atoms with Crippen LogP contribution in [0.25, 0.3) is 0 Å². The predicted molar refractivity (Wildman–Crippen MR) is 126 cm³/mol.